The topological polar surface area (TPSA) is 118 Å². The fourth-order valence-electron chi connectivity index (χ4n) is 3.43. The molecule has 4 amide bonds. The molecule has 2 aromatic rings. The Balaban J connectivity index is 1.65. The second kappa shape index (κ2) is 6.20. The molecule has 0 aliphatic carbocycles. The third-order valence-corrected chi connectivity index (χ3v) is 4.77. The van der Waals surface area contributed by atoms with Crippen LogP contribution in [-0.2, 0) is 14.3 Å². The van der Waals surface area contributed by atoms with Crippen molar-refractivity contribution in [3.05, 3.63) is 58.7 Å². The summed E-state index contributed by atoms with van der Waals surface area (Å²) in [5.74, 6) is -4.16. The number of rotatable bonds is 0. The highest BCUT2D eigenvalue weighted by Gasteiger charge is 2.46. The number of carbonyl (C=O) groups is 6. The molecular formula is C20H12N2O7. The van der Waals surface area contributed by atoms with Crippen LogP contribution in [0, 0.1) is 13.8 Å². The van der Waals surface area contributed by atoms with Crippen molar-refractivity contribution in [2.75, 3.05) is 9.80 Å². The Labute approximate surface area is 163 Å². The summed E-state index contributed by atoms with van der Waals surface area (Å²) < 4.78 is 4.68. The first-order valence-corrected chi connectivity index (χ1v) is 8.46. The maximum atomic E-state index is 12.5. The Bertz CT molecular complexity index is 1090. The van der Waals surface area contributed by atoms with Gasteiger partial charge in [0.05, 0.1) is 22.5 Å². The second-order valence-corrected chi connectivity index (χ2v) is 6.51. The van der Waals surface area contributed by atoms with Crippen molar-refractivity contribution >= 4 is 46.9 Å². The van der Waals surface area contributed by atoms with E-state index in [9.17, 15) is 28.8 Å². The van der Waals surface area contributed by atoms with E-state index < -0.39 is 35.6 Å². The van der Waals surface area contributed by atoms with Crippen LogP contribution in [0.25, 0.3) is 0 Å². The zero-order valence-electron chi connectivity index (χ0n) is 15.2. The summed E-state index contributed by atoms with van der Waals surface area (Å²) >= 11 is 0. The van der Waals surface area contributed by atoms with Crippen molar-refractivity contribution in [1.29, 1.82) is 0 Å². The molecule has 0 spiro atoms. The Morgan fingerprint density at radius 3 is 1.45 bits per heavy atom. The van der Waals surface area contributed by atoms with Crippen LogP contribution in [0.2, 0.25) is 0 Å². The van der Waals surface area contributed by atoms with E-state index >= 15 is 0 Å². The van der Waals surface area contributed by atoms with Crippen molar-refractivity contribution in [3.63, 3.8) is 0 Å². The van der Waals surface area contributed by atoms with Gasteiger partial charge in [0.15, 0.2) is 0 Å². The number of benzene rings is 2. The standard InChI is InChI=1S/C20H12N2O7/c1-9-5-3-7-11-13(9)15(23)17(25)21(11)19(27)29-20(28)22-12-8-4-6-10(2)14(12)16(24)18(22)26/h3-8H,1-2H3. The van der Waals surface area contributed by atoms with Crippen LogP contribution in [0.5, 0.6) is 0 Å². The highest BCUT2D eigenvalue weighted by molar-refractivity contribution is 6.57. The summed E-state index contributed by atoms with van der Waals surface area (Å²) in [5, 5.41) is 0. The van der Waals surface area contributed by atoms with Gasteiger partial charge in [0.2, 0.25) is 0 Å². The Kier molecular flexibility index (Phi) is 3.90. The number of fused-ring (bicyclic) bond motifs is 2. The van der Waals surface area contributed by atoms with Gasteiger partial charge in [0.1, 0.15) is 0 Å². The first-order chi connectivity index (χ1) is 13.7. The van der Waals surface area contributed by atoms with Gasteiger partial charge in [-0.2, -0.15) is 0 Å². The molecule has 0 N–H and O–H groups in total. The lowest BCUT2D eigenvalue weighted by Crippen LogP contribution is -2.42. The lowest BCUT2D eigenvalue weighted by atomic mass is 10.1. The average molecular weight is 392 g/mol. The lowest BCUT2D eigenvalue weighted by molar-refractivity contribution is -0.114. The number of hydrogen-bond acceptors (Lipinski definition) is 7. The Hall–Kier alpha value is -4.14. The van der Waals surface area contributed by atoms with Crippen molar-refractivity contribution < 1.29 is 33.5 Å². The van der Waals surface area contributed by atoms with Crippen LogP contribution in [0.1, 0.15) is 31.8 Å². The molecule has 4 rings (SSSR count). The summed E-state index contributed by atoms with van der Waals surface area (Å²) in [7, 11) is 0. The first kappa shape index (κ1) is 18.2. The predicted octanol–water partition coefficient (Wildman–Crippen LogP) is 2.32. The fourth-order valence-corrected chi connectivity index (χ4v) is 3.43. The Morgan fingerprint density at radius 1 is 0.690 bits per heavy atom. The number of Topliss-reactive ketones (excluding diaryl/α,β-unsaturated/α-hetero) is 2. The number of aryl methyl sites for hydroxylation is 2. The molecule has 29 heavy (non-hydrogen) atoms. The van der Waals surface area contributed by atoms with E-state index in [1.54, 1.807) is 26.0 Å². The number of ether oxygens (including phenoxy) is 1. The molecule has 144 valence electrons. The highest BCUT2D eigenvalue weighted by atomic mass is 16.6. The molecule has 2 heterocycles. The molecule has 2 aromatic carbocycles. The zero-order valence-corrected chi connectivity index (χ0v) is 15.2. The molecule has 9 nitrogen and oxygen atoms in total. The molecule has 0 saturated heterocycles. The van der Waals surface area contributed by atoms with Crippen molar-refractivity contribution in [1.82, 2.24) is 0 Å². The van der Waals surface area contributed by atoms with E-state index in [0.717, 1.165) is 0 Å². The lowest BCUT2D eigenvalue weighted by Gasteiger charge is -2.17. The fraction of sp³-hybridized carbons (Fsp3) is 0.100. The predicted molar refractivity (Wildman–Crippen MR) is 97.9 cm³/mol. The van der Waals surface area contributed by atoms with Crippen LogP contribution in [-0.4, -0.2) is 35.6 Å². The second-order valence-electron chi connectivity index (χ2n) is 6.51. The molecule has 0 radical (unpaired) electrons. The summed E-state index contributed by atoms with van der Waals surface area (Å²) in [6, 6.07) is 8.98. The minimum absolute atomic E-state index is 0.0159. The molecule has 0 fully saturated rings. The quantitative estimate of drug-likeness (QED) is 0.499. The minimum atomic E-state index is -1.45. The molecule has 0 atom stereocenters. The smallest absolute Gasteiger partial charge is 0.358 e. The van der Waals surface area contributed by atoms with Crippen LogP contribution < -0.4 is 9.80 Å². The van der Waals surface area contributed by atoms with Gasteiger partial charge in [-0.15, -0.1) is 0 Å². The molecule has 2 aliphatic rings. The van der Waals surface area contributed by atoms with E-state index in [-0.39, 0.29) is 22.5 Å². The number of hydrogen-bond donors (Lipinski definition) is 0. The third-order valence-electron chi connectivity index (χ3n) is 4.77. The van der Waals surface area contributed by atoms with E-state index in [1.807, 2.05) is 0 Å². The molecule has 2 aliphatic heterocycles. The molecule has 0 unspecified atom stereocenters. The largest absolute Gasteiger partial charge is 0.430 e. The first-order valence-electron chi connectivity index (χ1n) is 8.46. The van der Waals surface area contributed by atoms with Gasteiger partial charge in [0, 0.05) is 0 Å². The van der Waals surface area contributed by atoms with E-state index in [1.165, 1.54) is 24.3 Å². The number of nitrogens with zero attached hydrogens (tertiary/aromatic N) is 2. The van der Waals surface area contributed by atoms with Crippen LogP contribution in [0.15, 0.2) is 36.4 Å². The third kappa shape index (κ3) is 2.48. The van der Waals surface area contributed by atoms with E-state index in [4.69, 9.17) is 0 Å². The van der Waals surface area contributed by atoms with Gasteiger partial charge in [0.25, 0.3) is 11.6 Å². The molecule has 0 saturated carbocycles. The number of amides is 4. The van der Waals surface area contributed by atoms with Crippen LogP contribution in [0.3, 0.4) is 0 Å². The maximum Gasteiger partial charge on any atom is 0.430 e. The van der Waals surface area contributed by atoms with Crippen LogP contribution >= 0.6 is 0 Å². The number of ketones is 2. The molecular weight excluding hydrogens is 380 g/mol. The van der Waals surface area contributed by atoms with Crippen molar-refractivity contribution in [3.8, 4) is 0 Å². The molecule has 0 bridgehead atoms. The van der Waals surface area contributed by atoms with Gasteiger partial charge < -0.3 is 4.74 Å². The number of anilines is 2. The van der Waals surface area contributed by atoms with Crippen molar-refractivity contribution in [2.24, 2.45) is 0 Å². The van der Waals surface area contributed by atoms with E-state index in [2.05, 4.69) is 4.74 Å². The summed E-state index contributed by atoms with van der Waals surface area (Å²) in [5.41, 5.74) is 1.00. The summed E-state index contributed by atoms with van der Waals surface area (Å²) in [6.45, 7) is 3.19. The van der Waals surface area contributed by atoms with Gasteiger partial charge >= 0.3 is 24.0 Å². The van der Waals surface area contributed by atoms with Gasteiger partial charge in [-0.1, -0.05) is 24.3 Å². The van der Waals surface area contributed by atoms with Crippen LogP contribution in [0.4, 0.5) is 21.0 Å². The highest BCUT2D eigenvalue weighted by Crippen LogP contribution is 2.34. The normalized spacial score (nSPS) is 15.0. The minimum Gasteiger partial charge on any atom is -0.358 e. The zero-order chi connectivity index (χ0) is 21.0. The van der Waals surface area contributed by atoms with Gasteiger partial charge in [-0.3, -0.25) is 19.2 Å². The monoisotopic (exact) mass is 392 g/mol. The average Bonchev–Trinajstić information content (AvgIpc) is 3.08. The summed E-state index contributed by atoms with van der Waals surface area (Å²) in [6.07, 6.45) is -2.89. The summed E-state index contributed by atoms with van der Waals surface area (Å²) in [4.78, 5) is 74.7. The molecule has 9 heteroatoms. The van der Waals surface area contributed by atoms with Gasteiger partial charge in [-0.25, -0.2) is 19.4 Å². The van der Waals surface area contributed by atoms with E-state index in [0.29, 0.717) is 20.9 Å². The van der Waals surface area contributed by atoms with Gasteiger partial charge in [-0.05, 0) is 37.1 Å². The van der Waals surface area contributed by atoms with Crippen molar-refractivity contribution in [2.45, 2.75) is 13.8 Å². The SMILES string of the molecule is Cc1cccc2c1C(=O)C(=O)N2C(=O)OC(=O)N1C(=O)C(=O)c2c(C)cccc21. The number of carbonyl (C=O) groups excluding carboxylic acids is 6. The Morgan fingerprint density at radius 2 is 1.07 bits per heavy atom. The number of imide groups is 2. The maximum absolute atomic E-state index is 12.5. The molecule has 0 aromatic heterocycles.